The average molecular weight is 225 g/mol. The van der Waals surface area contributed by atoms with E-state index in [-0.39, 0.29) is 13.2 Å². The molecule has 1 aromatic carbocycles. The maximum absolute atomic E-state index is 9.10. The van der Waals surface area contributed by atoms with E-state index in [1.807, 2.05) is 0 Å². The lowest BCUT2D eigenvalue weighted by Gasteiger charge is -2.07. The fraction of sp³-hybridized carbons (Fsp3) is 0.200. The van der Waals surface area contributed by atoms with Crippen LogP contribution in [0.2, 0.25) is 5.15 Å². The molecule has 1 heterocycles. The highest BCUT2D eigenvalue weighted by molar-refractivity contribution is 6.34. The van der Waals surface area contributed by atoms with E-state index in [1.54, 1.807) is 12.1 Å². The quantitative estimate of drug-likeness (QED) is 0.754. The fourth-order valence-electron chi connectivity index (χ4n) is 1.45. The van der Waals surface area contributed by atoms with Gasteiger partial charge in [-0.25, -0.2) is 9.97 Å². The summed E-state index contributed by atoms with van der Waals surface area (Å²) in [5.74, 6) is 0. The normalized spacial score (nSPS) is 10.9. The third-order valence-electron chi connectivity index (χ3n) is 2.25. The van der Waals surface area contributed by atoms with Crippen molar-refractivity contribution in [2.24, 2.45) is 0 Å². The summed E-state index contributed by atoms with van der Waals surface area (Å²) in [6.45, 7) is -0.273. The van der Waals surface area contributed by atoms with E-state index in [0.717, 1.165) is 0 Å². The second-order valence-electron chi connectivity index (χ2n) is 3.12. The molecule has 0 amide bonds. The van der Waals surface area contributed by atoms with Gasteiger partial charge < -0.3 is 10.2 Å². The lowest BCUT2D eigenvalue weighted by Crippen LogP contribution is -1.96. The summed E-state index contributed by atoms with van der Waals surface area (Å²) >= 11 is 5.89. The van der Waals surface area contributed by atoms with Gasteiger partial charge in [0.2, 0.25) is 0 Å². The van der Waals surface area contributed by atoms with Gasteiger partial charge in [0.25, 0.3) is 0 Å². The lowest BCUT2D eigenvalue weighted by atomic mass is 10.1. The Bertz CT molecular complexity index is 502. The molecule has 0 bridgehead atoms. The van der Waals surface area contributed by atoms with E-state index in [2.05, 4.69) is 9.97 Å². The van der Waals surface area contributed by atoms with Gasteiger partial charge in [-0.1, -0.05) is 11.6 Å². The first-order valence-corrected chi connectivity index (χ1v) is 4.77. The Hall–Kier alpha value is -1.23. The fourth-order valence-corrected chi connectivity index (χ4v) is 1.65. The van der Waals surface area contributed by atoms with Crippen LogP contribution in [0.25, 0.3) is 10.9 Å². The maximum atomic E-state index is 9.10. The number of nitrogens with zero attached hydrogens (tertiary/aromatic N) is 2. The predicted molar refractivity (Wildman–Crippen MR) is 56.4 cm³/mol. The molecule has 4 nitrogen and oxygen atoms in total. The van der Waals surface area contributed by atoms with Crippen LogP contribution in [0.5, 0.6) is 0 Å². The highest BCUT2D eigenvalue weighted by Crippen LogP contribution is 2.23. The number of aromatic nitrogens is 2. The standard InChI is InChI=1S/C10H9ClN2O2/c11-10-8-1-6(3-14)7(4-15)2-9(8)12-5-13-10/h1-2,5,14-15H,3-4H2. The van der Waals surface area contributed by atoms with E-state index in [0.29, 0.717) is 27.2 Å². The minimum atomic E-state index is -0.142. The van der Waals surface area contributed by atoms with Crippen LogP contribution in [-0.2, 0) is 13.2 Å². The van der Waals surface area contributed by atoms with Crippen LogP contribution in [0.3, 0.4) is 0 Å². The third kappa shape index (κ3) is 1.79. The van der Waals surface area contributed by atoms with E-state index >= 15 is 0 Å². The number of fused-ring (bicyclic) bond motifs is 1. The van der Waals surface area contributed by atoms with E-state index in [9.17, 15) is 0 Å². The predicted octanol–water partition coefficient (Wildman–Crippen LogP) is 1.27. The summed E-state index contributed by atoms with van der Waals surface area (Å²) in [5.41, 5.74) is 1.96. The molecule has 0 spiro atoms. The smallest absolute Gasteiger partial charge is 0.140 e. The van der Waals surface area contributed by atoms with Crippen molar-refractivity contribution in [3.63, 3.8) is 0 Å². The molecular weight excluding hydrogens is 216 g/mol. The van der Waals surface area contributed by atoms with Gasteiger partial charge in [0.15, 0.2) is 0 Å². The van der Waals surface area contributed by atoms with Crippen molar-refractivity contribution in [1.29, 1.82) is 0 Å². The molecule has 2 aromatic rings. The Balaban J connectivity index is 2.75. The zero-order chi connectivity index (χ0) is 10.8. The van der Waals surface area contributed by atoms with Crippen LogP contribution in [0.15, 0.2) is 18.5 Å². The molecule has 78 valence electrons. The topological polar surface area (TPSA) is 66.2 Å². The van der Waals surface area contributed by atoms with Crippen LogP contribution in [0.1, 0.15) is 11.1 Å². The number of halogens is 1. The minimum Gasteiger partial charge on any atom is -0.392 e. The Labute approximate surface area is 91.2 Å². The summed E-state index contributed by atoms with van der Waals surface area (Å²) < 4.78 is 0. The van der Waals surface area contributed by atoms with Crippen molar-refractivity contribution in [3.8, 4) is 0 Å². The highest BCUT2D eigenvalue weighted by atomic mass is 35.5. The van der Waals surface area contributed by atoms with E-state index in [4.69, 9.17) is 21.8 Å². The maximum Gasteiger partial charge on any atom is 0.140 e. The number of hydrogen-bond donors (Lipinski definition) is 2. The molecule has 0 radical (unpaired) electrons. The van der Waals surface area contributed by atoms with Gasteiger partial charge in [0.1, 0.15) is 11.5 Å². The molecule has 2 rings (SSSR count). The van der Waals surface area contributed by atoms with Gasteiger partial charge >= 0.3 is 0 Å². The van der Waals surface area contributed by atoms with Crippen LogP contribution in [0, 0.1) is 0 Å². The number of hydrogen-bond acceptors (Lipinski definition) is 4. The first kappa shape index (κ1) is 10.3. The zero-order valence-corrected chi connectivity index (χ0v) is 8.57. The molecule has 0 fully saturated rings. The molecule has 0 unspecified atom stereocenters. The summed E-state index contributed by atoms with van der Waals surface area (Å²) in [7, 11) is 0. The second-order valence-corrected chi connectivity index (χ2v) is 3.48. The van der Waals surface area contributed by atoms with Crippen molar-refractivity contribution >= 4 is 22.5 Å². The molecule has 0 aliphatic rings. The lowest BCUT2D eigenvalue weighted by molar-refractivity contribution is 0.260. The molecule has 5 heteroatoms. The number of rotatable bonds is 2. The van der Waals surface area contributed by atoms with Crippen molar-refractivity contribution in [1.82, 2.24) is 9.97 Å². The van der Waals surface area contributed by atoms with Crippen LogP contribution < -0.4 is 0 Å². The Morgan fingerprint density at radius 3 is 2.40 bits per heavy atom. The molecule has 0 saturated carbocycles. The van der Waals surface area contributed by atoms with Crippen molar-refractivity contribution in [3.05, 3.63) is 34.7 Å². The Kier molecular flexibility index (Phi) is 2.81. The Morgan fingerprint density at radius 1 is 1.07 bits per heavy atom. The molecule has 1 aromatic heterocycles. The molecule has 0 saturated heterocycles. The molecule has 0 atom stereocenters. The van der Waals surface area contributed by atoms with Gasteiger partial charge in [-0.3, -0.25) is 0 Å². The van der Waals surface area contributed by atoms with Crippen molar-refractivity contribution < 1.29 is 10.2 Å². The largest absolute Gasteiger partial charge is 0.392 e. The number of benzene rings is 1. The third-order valence-corrected chi connectivity index (χ3v) is 2.55. The summed E-state index contributed by atoms with van der Waals surface area (Å²) in [6.07, 6.45) is 1.37. The molecular formula is C10H9ClN2O2. The molecule has 0 aliphatic heterocycles. The van der Waals surface area contributed by atoms with Crippen LogP contribution >= 0.6 is 11.6 Å². The zero-order valence-electron chi connectivity index (χ0n) is 7.81. The molecule has 0 aliphatic carbocycles. The average Bonchev–Trinajstić information content (AvgIpc) is 2.28. The van der Waals surface area contributed by atoms with Gasteiger partial charge in [-0.15, -0.1) is 0 Å². The van der Waals surface area contributed by atoms with E-state index in [1.165, 1.54) is 6.33 Å². The summed E-state index contributed by atoms with van der Waals surface area (Å²) in [6, 6.07) is 3.40. The van der Waals surface area contributed by atoms with Crippen LogP contribution in [-0.4, -0.2) is 20.2 Å². The molecule has 15 heavy (non-hydrogen) atoms. The first-order chi connectivity index (χ1) is 7.26. The van der Waals surface area contributed by atoms with Gasteiger partial charge in [-0.2, -0.15) is 0 Å². The van der Waals surface area contributed by atoms with Crippen molar-refractivity contribution in [2.75, 3.05) is 0 Å². The second kappa shape index (κ2) is 4.10. The van der Waals surface area contributed by atoms with Gasteiger partial charge in [0.05, 0.1) is 18.7 Å². The summed E-state index contributed by atoms with van der Waals surface area (Å²) in [5, 5.41) is 19.2. The summed E-state index contributed by atoms with van der Waals surface area (Å²) in [4.78, 5) is 7.89. The highest BCUT2D eigenvalue weighted by Gasteiger charge is 2.07. The number of aliphatic hydroxyl groups excluding tert-OH is 2. The van der Waals surface area contributed by atoms with E-state index < -0.39 is 0 Å². The van der Waals surface area contributed by atoms with Gasteiger partial charge in [0, 0.05) is 5.39 Å². The van der Waals surface area contributed by atoms with Gasteiger partial charge in [-0.05, 0) is 23.3 Å². The monoisotopic (exact) mass is 224 g/mol. The Morgan fingerprint density at radius 2 is 1.73 bits per heavy atom. The first-order valence-electron chi connectivity index (χ1n) is 4.40. The minimum absolute atomic E-state index is 0.131. The molecule has 2 N–H and O–H groups in total. The van der Waals surface area contributed by atoms with Crippen LogP contribution in [0.4, 0.5) is 0 Å². The van der Waals surface area contributed by atoms with Crippen molar-refractivity contribution in [2.45, 2.75) is 13.2 Å². The number of aliphatic hydroxyl groups is 2. The SMILES string of the molecule is OCc1cc2ncnc(Cl)c2cc1CO.